The lowest BCUT2D eigenvalue weighted by atomic mass is 10.1. The van der Waals surface area contributed by atoms with Crippen molar-refractivity contribution in [3.8, 4) is 0 Å². The Bertz CT molecular complexity index is 382. The molecule has 4 heteroatoms. The van der Waals surface area contributed by atoms with Crippen molar-refractivity contribution in [2.75, 3.05) is 20.6 Å². The number of nitrogens with one attached hydrogen (secondary N) is 1. The average molecular weight is 223 g/mol. The van der Waals surface area contributed by atoms with Gasteiger partial charge in [-0.2, -0.15) is 0 Å². The average Bonchev–Trinajstić information content (AvgIpc) is 2.12. The van der Waals surface area contributed by atoms with Gasteiger partial charge in [-0.05, 0) is 26.4 Å². The molecule has 1 N–H and O–H groups in total. The molecule has 0 spiro atoms. The summed E-state index contributed by atoms with van der Waals surface area (Å²) < 4.78 is 0. The van der Waals surface area contributed by atoms with Crippen LogP contribution in [0.2, 0.25) is 0 Å². The zero-order valence-electron chi connectivity index (χ0n) is 10.6. The van der Waals surface area contributed by atoms with Gasteiger partial charge in [-0.15, -0.1) is 0 Å². The van der Waals surface area contributed by atoms with Crippen LogP contribution in [0.5, 0.6) is 0 Å². The van der Waals surface area contributed by atoms with Gasteiger partial charge < -0.3 is 9.88 Å². The lowest BCUT2D eigenvalue weighted by Gasteiger charge is -2.10. The van der Waals surface area contributed by atoms with Gasteiger partial charge in [0.2, 0.25) is 0 Å². The molecule has 0 aliphatic carbocycles. The summed E-state index contributed by atoms with van der Waals surface area (Å²) in [5.74, 6) is 1.31. The Balaban J connectivity index is 2.77. The number of aromatic nitrogens is 2. The molecule has 0 unspecified atom stereocenters. The van der Waals surface area contributed by atoms with Gasteiger partial charge in [-0.1, -0.05) is 13.8 Å². The van der Waals surface area contributed by atoms with Gasteiger partial charge in [0.1, 0.15) is 5.82 Å². The summed E-state index contributed by atoms with van der Waals surface area (Å²) in [5.41, 5.74) is 0.854. The summed E-state index contributed by atoms with van der Waals surface area (Å²) in [7, 11) is 4.02. The van der Waals surface area contributed by atoms with E-state index in [4.69, 9.17) is 0 Å². The summed E-state index contributed by atoms with van der Waals surface area (Å²) in [6.45, 7) is 5.15. The minimum absolute atomic E-state index is 0.0422. The fraction of sp³-hybridized carbons (Fsp3) is 0.667. The molecular weight excluding hydrogens is 202 g/mol. The summed E-state index contributed by atoms with van der Waals surface area (Å²) in [4.78, 5) is 20.8. The third-order valence-corrected chi connectivity index (χ3v) is 2.26. The fourth-order valence-electron chi connectivity index (χ4n) is 1.53. The molecule has 0 radical (unpaired) electrons. The number of likely N-dealkylation sites (N-methyl/N-ethyl adjacent to an activating group) is 1. The number of rotatable bonds is 5. The van der Waals surface area contributed by atoms with Crippen molar-refractivity contribution in [2.24, 2.45) is 5.92 Å². The monoisotopic (exact) mass is 223 g/mol. The minimum atomic E-state index is -0.0422. The first-order chi connectivity index (χ1) is 7.47. The zero-order chi connectivity index (χ0) is 12.1. The van der Waals surface area contributed by atoms with E-state index in [2.05, 4.69) is 28.7 Å². The number of nitrogens with zero attached hydrogens (tertiary/aromatic N) is 2. The summed E-state index contributed by atoms with van der Waals surface area (Å²) in [6, 6.07) is 1.60. The maximum Gasteiger partial charge on any atom is 0.251 e. The molecule has 1 heterocycles. The Morgan fingerprint density at radius 2 is 2.12 bits per heavy atom. The molecule has 1 rings (SSSR count). The van der Waals surface area contributed by atoms with Crippen LogP contribution in [0.3, 0.4) is 0 Å². The molecule has 90 valence electrons. The van der Waals surface area contributed by atoms with Crippen LogP contribution < -0.4 is 5.56 Å². The highest BCUT2D eigenvalue weighted by atomic mass is 16.1. The predicted molar refractivity (Wildman–Crippen MR) is 65.7 cm³/mol. The van der Waals surface area contributed by atoms with Crippen molar-refractivity contribution < 1.29 is 0 Å². The molecule has 16 heavy (non-hydrogen) atoms. The van der Waals surface area contributed by atoms with Crippen molar-refractivity contribution in [3.63, 3.8) is 0 Å². The van der Waals surface area contributed by atoms with Gasteiger partial charge in [0.15, 0.2) is 0 Å². The van der Waals surface area contributed by atoms with Gasteiger partial charge >= 0.3 is 0 Å². The van der Waals surface area contributed by atoms with Gasteiger partial charge in [0.25, 0.3) is 5.56 Å². The Hall–Kier alpha value is -1.16. The van der Waals surface area contributed by atoms with Gasteiger partial charge in [0, 0.05) is 24.7 Å². The summed E-state index contributed by atoms with van der Waals surface area (Å²) >= 11 is 0. The number of hydrogen-bond donors (Lipinski definition) is 1. The highest BCUT2D eigenvalue weighted by molar-refractivity contribution is 5.03. The smallest absolute Gasteiger partial charge is 0.251 e. The quantitative estimate of drug-likeness (QED) is 0.812. The van der Waals surface area contributed by atoms with Crippen LogP contribution in [0.15, 0.2) is 10.9 Å². The van der Waals surface area contributed by atoms with E-state index in [0.29, 0.717) is 5.92 Å². The third-order valence-electron chi connectivity index (χ3n) is 2.26. The van der Waals surface area contributed by atoms with Gasteiger partial charge in [-0.25, -0.2) is 4.98 Å². The Morgan fingerprint density at radius 3 is 2.69 bits per heavy atom. The number of hydrogen-bond acceptors (Lipinski definition) is 3. The molecule has 0 atom stereocenters. The predicted octanol–water partition coefficient (Wildman–Crippen LogP) is 1.07. The van der Waals surface area contributed by atoms with E-state index >= 15 is 0 Å². The van der Waals surface area contributed by atoms with Crippen LogP contribution >= 0.6 is 0 Å². The SMILES string of the molecule is CC(C)Cc1cc(=O)[nH]c(CCN(C)C)n1. The minimum Gasteiger partial charge on any atom is -0.311 e. The van der Waals surface area contributed by atoms with E-state index in [1.165, 1.54) is 0 Å². The standard InChI is InChI=1S/C12H21N3O/c1-9(2)7-10-8-12(16)14-11(13-10)5-6-15(3)4/h8-9H,5-7H2,1-4H3,(H,13,14,16). The van der Waals surface area contributed by atoms with E-state index in [0.717, 1.165) is 30.9 Å². The second-order valence-corrected chi connectivity index (χ2v) is 4.83. The Morgan fingerprint density at radius 1 is 1.44 bits per heavy atom. The van der Waals surface area contributed by atoms with Crippen LogP contribution in [0.4, 0.5) is 0 Å². The van der Waals surface area contributed by atoms with Crippen molar-refractivity contribution in [3.05, 3.63) is 27.9 Å². The first-order valence-corrected chi connectivity index (χ1v) is 5.71. The van der Waals surface area contributed by atoms with E-state index in [1.807, 2.05) is 14.1 Å². The van der Waals surface area contributed by atoms with Crippen LogP contribution in [0, 0.1) is 5.92 Å². The lowest BCUT2D eigenvalue weighted by Crippen LogP contribution is -2.20. The molecule has 0 saturated carbocycles. The van der Waals surface area contributed by atoms with Crippen molar-refractivity contribution in [1.82, 2.24) is 14.9 Å². The molecule has 0 bridgehead atoms. The van der Waals surface area contributed by atoms with Crippen molar-refractivity contribution in [2.45, 2.75) is 26.7 Å². The van der Waals surface area contributed by atoms with E-state index in [9.17, 15) is 4.79 Å². The molecule has 0 aromatic carbocycles. The van der Waals surface area contributed by atoms with E-state index in [-0.39, 0.29) is 5.56 Å². The molecular formula is C12H21N3O. The highest BCUT2D eigenvalue weighted by Crippen LogP contribution is 2.03. The van der Waals surface area contributed by atoms with E-state index < -0.39 is 0 Å². The largest absolute Gasteiger partial charge is 0.311 e. The van der Waals surface area contributed by atoms with E-state index in [1.54, 1.807) is 6.07 Å². The second kappa shape index (κ2) is 5.80. The Kier molecular flexibility index (Phi) is 4.68. The molecule has 4 nitrogen and oxygen atoms in total. The maximum absolute atomic E-state index is 11.4. The summed E-state index contributed by atoms with van der Waals surface area (Å²) in [5, 5.41) is 0. The zero-order valence-corrected chi connectivity index (χ0v) is 10.6. The van der Waals surface area contributed by atoms with Crippen molar-refractivity contribution >= 4 is 0 Å². The maximum atomic E-state index is 11.4. The first-order valence-electron chi connectivity index (χ1n) is 5.71. The normalized spacial score (nSPS) is 11.4. The second-order valence-electron chi connectivity index (χ2n) is 4.83. The molecule has 0 fully saturated rings. The third kappa shape index (κ3) is 4.57. The molecule has 0 aliphatic rings. The van der Waals surface area contributed by atoms with Crippen LogP contribution in [0.25, 0.3) is 0 Å². The number of aromatic amines is 1. The Labute approximate surface area is 96.7 Å². The lowest BCUT2D eigenvalue weighted by molar-refractivity contribution is 0.409. The van der Waals surface area contributed by atoms with Crippen molar-refractivity contribution in [1.29, 1.82) is 0 Å². The first kappa shape index (κ1) is 12.9. The van der Waals surface area contributed by atoms with Crippen LogP contribution in [0.1, 0.15) is 25.4 Å². The molecule has 1 aromatic rings. The fourth-order valence-corrected chi connectivity index (χ4v) is 1.53. The molecule has 0 saturated heterocycles. The van der Waals surface area contributed by atoms with Gasteiger partial charge in [0.05, 0.1) is 0 Å². The molecule has 0 amide bonds. The highest BCUT2D eigenvalue weighted by Gasteiger charge is 2.04. The van der Waals surface area contributed by atoms with Gasteiger partial charge in [-0.3, -0.25) is 4.79 Å². The number of H-pyrrole nitrogens is 1. The van der Waals surface area contributed by atoms with Crippen LogP contribution in [-0.2, 0) is 12.8 Å². The summed E-state index contributed by atoms with van der Waals surface area (Å²) in [6.07, 6.45) is 1.65. The van der Waals surface area contributed by atoms with Crippen LogP contribution in [-0.4, -0.2) is 35.5 Å². The topological polar surface area (TPSA) is 49.0 Å². The molecule has 1 aromatic heterocycles. The molecule has 0 aliphatic heterocycles.